The lowest BCUT2D eigenvalue weighted by Gasteiger charge is -2.07. The number of aromatic nitrogens is 4. The highest BCUT2D eigenvalue weighted by atomic mass is 15.1. The minimum absolute atomic E-state index is 0.112. The van der Waals surface area contributed by atoms with Crippen LogP contribution in [-0.4, -0.2) is 19.9 Å². The summed E-state index contributed by atoms with van der Waals surface area (Å²) in [4.78, 5) is 16.5. The average molecular weight is 252 g/mol. The van der Waals surface area contributed by atoms with Crippen molar-refractivity contribution in [3.63, 3.8) is 0 Å². The number of benzene rings is 1. The van der Waals surface area contributed by atoms with Crippen molar-refractivity contribution in [2.45, 2.75) is 6.92 Å². The molecule has 2 heterocycles. The van der Waals surface area contributed by atoms with Crippen LogP contribution in [0.25, 0.3) is 22.3 Å². The van der Waals surface area contributed by atoms with Crippen LogP contribution in [0, 0.1) is 6.92 Å². The first-order valence-electron chi connectivity index (χ1n) is 5.77. The molecule has 4 N–H and O–H groups in total. The highest BCUT2D eigenvalue weighted by molar-refractivity contribution is 5.93. The lowest BCUT2D eigenvalue weighted by Crippen LogP contribution is -2.04. The van der Waals surface area contributed by atoms with Gasteiger partial charge in [0.2, 0.25) is 11.9 Å². The molecule has 3 rings (SSSR count). The van der Waals surface area contributed by atoms with Crippen molar-refractivity contribution in [3.05, 3.63) is 36.0 Å². The Morgan fingerprint density at radius 3 is 2.32 bits per heavy atom. The average Bonchev–Trinajstić information content (AvgIpc) is 2.36. The van der Waals surface area contributed by atoms with Gasteiger partial charge in [-0.15, -0.1) is 0 Å². The Morgan fingerprint density at radius 2 is 1.58 bits per heavy atom. The standard InChI is InChI=1S/C13H12N6/c1-7-6-9(8-4-2-3-5-10(8)16-7)11-17-12(14)19-13(15)18-11/h2-6H,1H3,(H4,14,15,17,18,19). The molecule has 0 amide bonds. The maximum absolute atomic E-state index is 5.62. The number of fused-ring (bicyclic) bond motifs is 1. The number of hydrogen-bond acceptors (Lipinski definition) is 6. The summed E-state index contributed by atoms with van der Waals surface area (Å²) in [5.74, 6) is 0.689. The first-order chi connectivity index (χ1) is 9.13. The van der Waals surface area contributed by atoms with Crippen LogP contribution >= 0.6 is 0 Å². The molecule has 0 saturated heterocycles. The second-order valence-electron chi connectivity index (χ2n) is 4.20. The van der Waals surface area contributed by atoms with Crippen molar-refractivity contribution in [3.8, 4) is 11.4 Å². The Balaban J connectivity index is 2.35. The summed E-state index contributed by atoms with van der Waals surface area (Å²) in [5, 5.41) is 0.957. The fourth-order valence-corrected chi connectivity index (χ4v) is 2.02. The number of nitrogens with two attached hydrogens (primary N) is 2. The highest BCUT2D eigenvalue weighted by Gasteiger charge is 2.10. The number of pyridine rings is 1. The van der Waals surface area contributed by atoms with Gasteiger partial charge in [0.15, 0.2) is 5.82 Å². The van der Waals surface area contributed by atoms with Crippen molar-refractivity contribution in [1.82, 2.24) is 19.9 Å². The van der Waals surface area contributed by atoms with Crippen molar-refractivity contribution < 1.29 is 0 Å². The summed E-state index contributed by atoms with van der Waals surface area (Å²) < 4.78 is 0. The SMILES string of the molecule is Cc1cc(-c2nc(N)nc(N)n2)c2ccccc2n1. The van der Waals surface area contributed by atoms with Gasteiger partial charge in [-0.3, -0.25) is 4.98 Å². The fraction of sp³-hybridized carbons (Fsp3) is 0.0769. The number of para-hydroxylation sites is 1. The molecule has 6 heteroatoms. The van der Waals surface area contributed by atoms with E-state index in [1.807, 2.05) is 37.3 Å². The molecule has 0 bridgehead atoms. The van der Waals surface area contributed by atoms with Gasteiger partial charge in [0, 0.05) is 16.6 Å². The fourth-order valence-electron chi connectivity index (χ4n) is 2.02. The van der Waals surface area contributed by atoms with Crippen LogP contribution in [-0.2, 0) is 0 Å². The van der Waals surface area contributed by atoms with E-state index < -0.39 is 0 Å². The summed E-state index contributed by atoms with van der Waals surface area (Å²) in [7, 11) is 0. The van der Waals surface area contributed by atoms with Crippen LogP contribution in [0.2, 0.25) is 0 Å². The van der Waals surface area contributed by atoms with Gasteiger partial charge in [-0.25, -0.2) is 0 Å². The van der Waals surface area contributed by atoms with E-state index in [4.69, 9.17) is 11.5 Å². The Hall–Kier alpha value is -2.76. The summed E-state index contributed by atoms with van der Waals surface area (Å²) >= 11 is 0. The van der Waals surface area contributed by atoms with Crippen LogP contribution in [0.15, 0.2) is 30.3 Å². The smallest absolute Gasteiger partial charge is 0.225 e. The molecule has 6 nitrogen and oxygen atoms in total. The van der Waals surface area contributed by atoms with Crippen LogP contribution < -0.4 is 11.5 Å². The van der Waals surface area contributed by atoms with E-state index in [9.17, 15) is 0 Å². The van der Waals surface area contributed by atoms with Crippen molar-refractivity contribution in [2.24, 2.45) is 0 Å². The van der Waals surface area contributed by atoms with Gasteiger partial charge in [0.1, 0.15) is 0 Å². The van der Waals surface area contributed by atoms with Crippen LogP contribution in [0.1, 0.15) is 5.69 Å². The van der Waals surface area contributed by atoms with E-state index in [1.165, 1.54) is 0 Å². The molecular weight excluding hydrogens is 240 g/mol. The Morgan fingerprint density at radius 1 is 0.895 bits per heavy atom. The topological polar surface area (TPSA) is 104 Å². The zero-order chi connectivity index (χ0) is 13.4. The maximum Gasteiger partial charge on any atom is 0.225 e. The Labute approximate surface area is 109 Å². The molecule has 0 spiro atoms. The maximum atomic E-state index is 5.62. The monoisotopic (exact) mass is 252 g/mol. The molecule has 0 aliphatic rings. The second kappa shape index (κ2) is 4.16. The Bertz CT molecular complexity index is 748. The minimum Gasteiger partial charge on any atom is -0.368 e. The summed E-state index contributed by atoms with van der Waals surface area (Å²) in [6.45, 7) is 1.92. The number of hydrogen-bond donors (Lipinski definition) is 2. The van der Waals surface area contributed by atoms with Gasteiger partial charge in [-0.1, -0.05) is 18.2 Å². The van der Waals surface area contributed by atoms with E-state index in [0.29, 0.717) is 5.82 Å². The molecule has 1 aromatic carbocycles. The third-order valence-corrected chi connectivity index (χ3v) is 2.76. The lowest BCUT2D eigenvalue weighted by atomic mass is 10.1. The van der Waals surface area contributed by atoms with Gasteiger partial charge < -0.3 is 11.5 Å². The van der Waals surface area contributed by atoms with Gasteiger partial charge in [0.05, 0.1) is 5.52 Å². The van der Waals surface area contributed by atoms with Crippen molar-refractivity contribution in [2.75, 3.05) is 11.5 Å². The molecule has 19 heavy (non-hydrogen) atoms. The van der Waals surface area contributed by atoms with E-state index in [0.717, 1.165) is 22.2 Å². The molecule has 0 saturated carbocycles. The first-order valence-corrected chi connectivity index (χ1v) is 5.77. The minimum atomic E-state index is 0.112. The molecule has 3 aromatic rings. The molecule has 0 unspecified atom stereocenters. The predicted molar refractivity (Wildman–Crippen MR) is 74.1 cm³/mol. The zero-order valence-corrected chi connectivity index (χ0v) is 10.3. The van der Waals surface area contributed by atoms with Gasteiger partial charge in [0.25, 0.3) is 0 Å². The number of anilines is 2. The molecule has 0 atom stereocenters. The van der Waals surface area contributed by atoms with Crippen LogP contribution in [0.5, 0.6) is 0 Å². The van der Waals surface area contributed by atoms with Gasteiger partial charge >= 0.3 is 0 Å². The Kier molecular flexibility index (Phi) is 2.49. The number of aryl methyl sites for hydroxylation is 1. The van der Waals surface area contributed by atoms with Gasteiger partial charge in [-0.2, -0.15) is 15.0 Å². The first kappa shape index (κ1) is 11.3. The molecule has 0 radical (unpaired) electrons. The molecule has 0 aliphatic heterocycles. The second-order valence-corrected chi connectivity index (χ2v) is 4.20. The molecule has 94 valence electrons. The molecular formula is C13H12N6. The van der Waals surface area contributed by atoms with E-state index in [2.05, 4.69) is 19.9 Å². The van der Waals surface area contributed by atoms with E-state index >= 15 is 0 Å². The van der Waals surface area contributed by atoms with E-state index in [-0.39, 0.29) is 11.9 Å². The van der Waals surface area contributed by atoms with Crippen molar-refractivity contribution in [1.29, 1.82) is 0 Å². The number of nitrogens with zero attached hydrogens (tertiary/aromatic N) is 4. The quantitative estimate of drug-likeness (QED) is 0.681. The summed E-state index contributed by atoms with van der Waals surface area (Å²) in [6, 6.07) is 9.70. The molecule has 2 aromatic heterocycles. The van der Waals surface area contributed by atoms with Crippen LogP contribution in [0.4, 0.5) is 11.9 Å². The summed E-state index contributed by atoms with van der Waals surface area (Å²) in [5.41, 5.74) is 13.9. The lowest BCUT2D eigenvalue weighted by molar-refractivity contribution is 1.09. The van der Waals surface area contributed by atoms with Gasteiger partial charge in [-0.05, 0) is 19.1 Å². The summed E-state index contributed by atoms with van der Waals surface area (Å²) in [6.07, 6.45) is 0. The third-order valence-electron chi connectivity index (χ3n) is 2.76. The third kappa shape index (κ3) is 2.03. The predicted octanol–water partition coefficient (Wildman–Crippen LogP) is 1.56. The van der Waals surface area contributed by atoms with E-state index in [1.54, 1.807) is 0 Å². The highest BCUT2D eigenvalue weighted by Crippen LogP contribution is 2.26. The van der Waals surface area contributed by atoms with Crippen molar-refractivity contribution >= 4 is 22.8 Å². The largest absolute Gasteiger partial charge is 0.368 e. The molecule has 0 fully saturated rings. The normalized spacial score (nSPS) is 10.8. The zero-order valence-electron chi connectivity index (χ0n) is 10.3. The number of rotatable bonds is 1. The molecule has 0 aliphatic carbocycles. The van der Waals surface area contributed by atoms with Crippen LogP contribution in [0.3, 0.4) is 0 Å². The number of nitrogen functional groups attached to an aromatic ring is 2.